The Morgan fingerprint density at radius 2 is 2.13 bits per heavy atom. The van der Waals surface area contributed by atoms with Crippen molar-refractivity contribution in [1.82, 2.24) is 14.9 Å². The minimum absolute atomic E-state index is 0.213. The summed E-state index contributed by atoms with van der Waals surface area (Å²) >= 11 is 6.03. The Bertz CT molecular complexity index is 658. The summed E-state index contributed by atoms with van der Waals surface area (Å²) in [6.07, 6.45) is 4.28. The minimum atomic E-state index is -0.213. The molecular weight excluding hydrogens is 312 g/mol. The summed E-state index contributed by atoms with van der Waals surface area (Å²) in [5, 5.41) is 15.0. The molecule has 23 heavy (non-hydrogen) atoms. The molecule has 0 bridgehead atoms. The number of likely N-dealkylation sites (tertiary alicyclic amines) is 1. The number of rotatable bonds is 5. The lowest BCUT2D eigenvalue weighted by Crippen LogP contribution is -2.42. The smallest absolute Gasteiger partial charge is 0.137 e. The number of β-amino-alcohol motifs (C(OH)–C–C–N with tert-alkyl or cyclic N) is 1. The maximum atomic E-state index is 9.77. The molecule has 1 aromatic carbocycles. The Kier molecular flexibility index (Phi) is 5.30. The number of aliphatic hydroxyl groups excluding tert-OH is 1. The van der Waals surface area contributed by atoms with Gasteiger partial charge in [0.25, 0.3) is 0 Å². The number of hydrogen-bond acceptors (Lipinski definition) is 5. The van der Waals surface area contributed by atoms with Crippen molar-refractivity contribution >= 4 is 28.3 Å². The van der Waals surface area contributed by atoms with Gasteiger partial charge in [-0.15, -0.1) is 0 Å². The number of aliphatic hydroxyl groups is 1. The zero-order valence-electron chi connectivity index (χ0n) is 13.4. The quantitative estimate of drug-likeness (QED) is 0.880. The summed E-state index contributed by atoms with van der Waals surface area (Å²) in [4.78, 5) is 11.0. The first-order valence-electron chi connectivity index (χ1n) is 8.23. The van der Waals surface area contributed by atoms with Crippen LogP contribution in [0.15, 0.2) is 24.5 Å². The minimum Gasteiger partial charge on any atom is -0.392 e. The number of halogens is 1. The van der Waals surface area contributed by atoms with Gasteiger partial charge in [-0.3, -0.25) is 0 Å². The molecule has 2 N–H and O–H groups in total. The molecule has 2 heterocycles. The van der Waals surface area contributed by atoms with Crippen molar-refractivity contribution in [2.45, 2.75) is 38.3 Å². The zero-order chi connectivity index (χ0) is 16.2. The number of fused-ring (bicyclic) bond motifs is 1. The van der Waals surface area contributed by atoms with E-state index in [1.54, 1.807) is 6.33 Å². The summed E-state index contributed by atoms with van der Waals surface area (Å²) in [6, 6.07) is 6.09. The molecule has 124 valence electrons. The monoisotopic (exact) mass is 334 g/mol. The summed E-state index contributed by atoms with van der Waals surface area (Å²) in [6.45, 7) is 4.80. The Morgan fingerprint density at radius 3 is 2.87 bits per heavy atom. The van der Waals surface area contributed by atoms with Gasteiger partial charge in [-0.1, -0.05) is 18.5 Å². The van der Waals surface area contributed by atoms with Gasteiger partial charge in [0.1, 0.15) is 12.1 Å². The van der Waals surface area contributed by atoms with Crippen LogP contribution in [0.4, 0.5) is 5.82 Å². The summed E-state index contributed by atoms with van der Waals surface area (Å²) in [5.41, 5.74) is 0.860. The van der Waals surface area contributed by atoms with E-state index in [2.05, 4.69) is 20.2 Å². The van der Waals surface area contributed by atoms with Gasteiger partial charge in [-0.2, -0.15) is 0 Å². The fourth-order valence-electron chi connectivity index (χ4n) is 3.03. The standard InChI is InChI=1S/C17H23ClN4O/c1-2-14(23)10-22-7-5-13(6-8-22)21-17-15-4-3-12(18)9-16(15)19-11-20-17/h3-4,9,11,13-14,23H,2,5-8,10H2,1H3,(H,19,20,21)/t14-/m0/s1. The van der Waals surface area contributed by atoms with Gasteiger partial charge in [0.2, 0.25) is 0 Å². The molecule has 6 heteroatoms. The normalized spacial score (nSPS) is 18.2. The van der Waals surface area contributed by atoms with E-state index in [-0.39, 0.29) is 6.10 Å². The molecule has 2 aromatic rings. The van der Waals surface area contributed by atoms with Crippen LogP contribution in [0, 0.1) is 0 Å². The van der Waals surface area contributed by atoms with E-state index in [9.17, 15) is 5.11 Å². The average Bonchev–Trinajstić information content (AvgIpc) is 2.56. The first-order chi connectivity index (χ1) is 11.2. The van der Waals surface area contributed by atoms with Gasteiger partial charge in [0, 0.05) is 36.1 Å². The number of anilines is 1. The molecule has 1 aromatic heterocycles. The molecule has 0 spiro atoms. The van der Waals surface area contributed by atoms with Gasteiger partial charge < -0.3 is 15.3 Å². The molecule has 1 atom stereocenters. The second-order valence-electron chi connectivity index (χ2n) is 6.17. The fourth-order valence-corrected chi connectivity index (χ4v) is 3.19. The van der Waals surface area contributed by atoms with E-state index < -0.39 is 0 Å². The number of nitrogens with one attached hydrogen (secondary N) is 1. The maximum Gasteiger partial charge on any atom is 0.137 e. The van der Waals surface area contributed by atoms with Gasteiger partial charge in [0.15, 0.2) is 0 Å². The second-order valence-corrected chi connectivity index (χ2v) is 6.60. The van der Waals surface area contributed by atoms with E-state index >= 15 is 0 Å². The predicted octanol–water partition coefficient (Wildman–Crippen LogP) is 2.93. The lowest BCUT2D eigenvalue weighted by molar-refractivity contribution is 0.0962. The average molecular weight is 335 g/mol. The molecule has 0 saturated carbocycles. The Hall–Kier alpha value is -1.43. The van der Waals surface area contributed by atoms with Crippen molar-refractivity contribution < 1.29 is 5.11 Å². The maximum absolute atomic E-state index is 9.77. The second kappa shape index (κ2) is 7.43. The topological polar surface area (TPSA) is 61.3 Å². The van der Waals surface area contributed by atoms with Crippen molar-refractivity contribution in [2.24, 2.45) is 0 Å². The molecule has 5 nitrogen and oxygen atoms in total. The number of hydrogen-bond donors (Lipinski definition) is 2. The highest BCUT2D eigenvalue weighted by Gasteiger charge is 2.21. The van der Waals surface area contributed by atoms with Crippen LogP contribution in [0.3, 0.4) is 0 Å². The molecule has 0 aliphatic carbocycles. The zero-order valence-corrected chi connectivity index (χ0v) is 14.1. The van der Waals surface area contributed by atoms with Crippen LogP contribution < -0.4 is 5.32 Å². The van der Waals surface area contributed by atoms with Crippen LogP contribution in [0.2, 0.25) is 5.02 Å². The van der Waals surface area contributed by atoms with E-state index in [0.717, 1.165) is 55.6 Å². The fraction of sp³-hybridized carbons (Fsp3) is 0.529. The summed E-state index contributed by atoms with van der Waals surface area (Å²) in [5.74, 6) is 0.874. The number of piperidine rings is 1. The highest BCUT2D eigenvalue weighted by atomic mass is 35.5. The number of benzene rings is 1. The third kappa shape index (κ3) is 4.10. The molecule has 1 aliphatic rings. The lowest BCUT2D eigenvalue weighted by Gasteiger charge is -2.33. The van der Waals surface area contributed by atoms with Crippen molar-refractivity contribution in [2.75, 3.05) is 25.0 Å². The highest BCUT2D eigenvalue weighted by molar-refractivity contribution is 6.31. The van der Waals surface area contributed by atoms with E-state index in [1.807, 2.05) is 25.1 Å². The van der Waals surface area contributed by atoms with E-state index in [4.69, 9.17) is 11.6 Å². The Balaban J connectivity index is 1.63. The Morgan fingerprint density at radius 1 is 1.35 bits per heavy atom. The van der Waals surface area contributed by atoms with Crippen molar-refractivity contribution in [3.05, 3.63) is 29.5 Å². The first-order valence-corrected chi connectivity index (χ1v) is 8.60. The Labute approximate surface area is 141 Å². The SMILES string of the molecule is CC[C@H](O)CN1CCC(Nc2ncnc3cc(Cl)ccc23)CC1. The van der Waals surface area contributed by atoms with Crippen LogP contribution in [-0.2, 0) is 0 Å². The third-order valence-corrected chi connectivity index (χ3v) is 4.70. The molecule has 1 fully saturated rings. The molecule has 1 aliphatic heterocycles. The summed E-state index contributed by atoms with van der Waals surface area (Å²) < 4.78 is 0. The molecule has 3 rings (SSSR count). The number of aromatic nitrogens is 2. The third-order valence-electron chi connectivity index (χ3n) is 4.47. The van der Waals surface area contributed by atoms with Crippen molar-refractivity contribution in [3.63, 3.8) is 0 Å². The van der Waals surface area contributed by atoms with Gasteiger partial charge in [0.05, 0.1) is 11.6 Å². The predicted molar refractivity (Wildman–Crippen MR) is 93.9 cm³/mol. The van der Waals surface area contributed by atoms with Crippen LogP contribution in [0.5, 0.6) is 0 Å². The molecule has 1 saturated heterocycles. The van der Waals surface area contributed by atoms with Gasteiger partial charge in [-0.25, -0.2) is 9.97 Å². The molecule has 0 amide bonds. The highest BCUT2D eigenvalue weighted by Crippen LogP contribution is 2.24. The van der Waals surface area contributed by atoms with Gasteiger partial charge >= 0.3 is 0 Å². The van der Waals surface area contributed by atoms with Crippen LogP contribution in [-0.4, -0.2) is 51.8 Å². The van der Waals surface area contributed by atoms with Crippen LogP contribution in [0.25, 0.3) is 10.9 Å². The first kappa shape index (κ1) is 16.4. The van der Waals surface area contributed by atoms with Crippen LogP contribution in [0.1, 0.15) is 26.2 Å². The van der Waals surface area contributed by atoms with Crippen LogP contribution >= 0.6 is 11.6 Å². The molecule has 0 radical (unpaired) electrons. The van der Waals surface area contributed by atoms with Crippen molar-refractivity contribution in [3.8, 4) is 0 Å². The number of nitrogens with zero attached hydrogens (tertiary/aromatic N) is 3. The molecule has 0 unspecified atom stereocenters. The largest absolute Gasteiger partial charge is 0.392 e. The van der Waals surface area contributed by atoms with E-state index in [1.165, 1.54) is 0 Å². The molecular formula is C17H23ClN4O. The van der Waals surface area contributed by atoms with Crippen molar-refractivity contribution in [1.29, 1.82) is 0 Å². The van der Waals surface area contributed by atoms with Gasteiger partial charge in [-0.05, 0) is 37.5 Å². The van der Waals surface area contributed by atoms with E-state index in [0.29, 0.717) is 11.1 Å². The summed E-state index contributed by atoms with van der Waals surface area (Å²) in [7, 11) is 0. The lowest BCUT2D eigenvalue weighted by atomic mass is 10.0.